The molecule has 0 aliphatic carbocycles. The lowest BCUT2D eigenvalue weighted by atomic mass is 10.2. The van der Waals surface area contributed by atoms with E-state index in [1.807, 2.05) is 50.2 Å². The lowest BCUT2D eigenvalue weighted by Crippen LogP contribution is -2.29. The van der Waals surface area contributed by atoms with Crippen molar-refractivity contribution >= 4 is 58.2 Å². The van der Waals surface area contributed by atoms with Gasteiger partial charge in [0.15, 0.2) is 5.17 Å². The second-order valence-electron chi connectivity index (χ2n) is 8.65. The second kappa shape index (κ2) is 12.1. The van der Waals surface area contributed by atoms with Gasteiger partial charge >= 0.3 is 0 Å². The first-order valence-electron chi connectivity index (χ1n) is 12.1. The summed E-state index contributed by atoms with van der Waals surface area (Å²) in [5.41, 5.74) is 3.93. The van der Waals surface area contributed by atoms with Crippen molar-refractivity contribution in [3.8, 4) is 6.07 Å². The zero-order valence-electron chi connectivity index (χ0n) is 21.6. The number of thioether (sulfide) groups is 1. The van der Waals surface area contributed by atoms with Crippen LogP contribution in [0.15, 0.2) is 87.2 Å². The van der Waals surface area contributed by atoms with Crippen LogP contribution in [0.5, 0.6) is 0 Å². The highest BCUT2D eigenvalue weighted by Gasteiger charge is 2.36. The third-order valence-electron chi connectivity index (χ3n) is 6.12. The maximum absolute atomic E-state index is 13.8. The third kappa shape index (κ3) is 6.08. The van der Waals surface area contributed by atoms with Crippen LogP contribution in [-0.4, -0.2) is 34.5 Å². The highest BCUT2D eigenvalue weighted by Crippen LogP contribution is 2.40. The molecule has 1 fully saturated rings. The molecule has 0 atom stereocenters. The number of carbonyl (C=O) groups excluding carboxylic acids is 1. The minimum Gasteiger partial charge on any atom is -0.384 e. The van der Waals surface area contributed by atoms with Gasteiger partial charge in [-0.2, -0.15) is 5.26 Å². The summed E-state index contributed by atoms with van der Waals surface area (Å²) < 4.78 is 0. The summed E-state index contributed by atoms with van der Waals surface area (Å²) in [7, 11) is 1.79. The number of amides is 1. The van der Waals surface area contributed by atoms with Crippen molar-refractivity contribution in [1.29, 1.82) is 5.26 Å². The summed E-state index contributed by atoms with van der Waals surface area (Å²) in [6.07, 6.45) is 0. The molecule has 11 heteroatoms. The van der Waals surface area contributed by atoms with E-state index in [1.165, 1.54) is 23.9 Å². The maximum Gasteiger partial charge on any atom is 0.270 e. The fourth-order valence-corrected chi connectivity index (χ4v) is 5.42. The standard InChI is InChI=1S/C28H26N6O3S2/c1-4-30-22-12-10-20(16-29)14-23(22)31-28-33(17-19-8-6-5-7-9-19)27(35)26(39-28)18(2)32(3)24-13-11-21(34(36)37)15-25(24)38/h5-15,30,38H,4,17H2,1-3H3/b26-18+,31-28?. The van der Waals surface area contributed by atoms with Crippen molar-refractivity contribution in [3.05, 3.63) is 98.6 Å². The van der Waals surface area contributed by atoms with Crippen LogP contribution in [-0.2, 0) is 11.3 Å². The molecule has 9 nitrogen and oxygen atoms in total. The molecule has 0 bridgehead atoms. The van der Waals surface area contributed by atoms with Crippen LogP contribution in [0.3, 0.4) is 0 Å². The van der Waals surface area contributed by atoms with Gasteiger partial charge in [0, 0.05) is 36.3 Å². The van der Waals surface area contributed by atoms with Crippen molar-refractivity contribution in [2.45, 2.75) is 25.3 Å². The Morgan fingerprint density at radius 1 is 1.21 bits per heavy atom. The van der Waals surface area contributed by atoms with Crippen LogP contribution in [0.2, 0.25) is 0 Å². The SMILES string of the molecule is CCNc1ccc(C#N)cc1N=C1S/C(=C(\C)N(C)c2ccc([N+](=O)[O-])cc2S)C(=O)N1Cc1ccccc1. The topological polar surface area (TPSA) is 115 Å². The largest absolute Gasteiger partial charge is 0.384 e. The van der Waals surface area contributed by atoms with Gasteiger partial charge < -0.3 is 10.2 Å². The zero-order chi connectivity index (χ0) is 28.1. The first kappa shape index (κ1) is 27.8. The molecule has 1 saturated heterocycles. The Kier molecular flexibility index (Phi) is 8.59. The molecule has 1 aliphatic heterocycles. The van der Waals surface area contributed by atoms with Crippen molar-refractivity contribution in [2.24, 2.45) is 4.99 Å². The smallest absolute Gasteiger partial charge is 0.270 e. The predicted molar refractivity (Wildman–Crippen MR) is 158 cm³/mol. The molecular weight excluding hydrogens is 532 g/mol. The van der Waals surface area contributed by atoms with E-state index in [0.717, 1.165) is 11.3 Å². The molecule has 4 rings (SSSR count). The first-order chi connectivity index (χ1) is 18.7. The number of nitro benzene ring substituents is 1. The number of hydrogen-bond donors (Lipinski definition) is 2. The van der Waals surface area contributed by atoms with Gasteiger partial charge in [-0.25, -0.2) is 4.99 Å². The molecule has 0 unspecified atom stereocenters. The van der Waals surface area contributed by atoms with E-state index in [2.05, 4.69) is 24.0 Å². The number of nitrogens with zero attached hydrogens (tertiary/aromatic N) is 5. The number of amidine groups is 1. The van der Waals surface area contributed by atoms with Gasteiger partial charge in [0.2, 0.25) is 0 Å². The highest BCUT2D eigenvalue weighted by atomic mass is 32.2. The fraction of sp³-hybridized carbons (Fsp3) is 0.179. The van der Waals surface area contributed by atoms with E-state index in [0.29, 0.717) is 50.7 Å². The monoisotopic (exact) mass is 558 g/mol. The van der Waals surface area contributed by atoms with Crippen LogP contribution in [0.4, 0.5) is 22.7 Å². The van der Waals surface area contributed by atoms with Gasteiger partial charge in [0.1, 0.15) is 0 Å². The molecule has 0 spiro atoms. The molecule has 3 aromatic carbocycles. The lowest BCUT2D eigenvalue weighted by molar-refractivity contribution is -0.385. The summed E-state index contributed by atoms with van der Waals surface area (Å²) in [6, 6.07) is 21.4. The van der Waals surface area contributed by atoms with Gasteiger partial charge in [-0.1, -0.05) is 30.3 Å². The minimum absolute atomic E-state index is 0.0617. The Morgan fingerprint density at radius 2 is 1.95 bits per heavy atom. The summed E-state index contributed by atoms with van der Waals surface area (Å²) in [5.74, 6) is -0.212. The van der Waals surface area contributed by atoms with Gasteiger partial charge in [-0.15, -0.1) is 12.6 Å². The van der Waals surface area contributed by atoms with Crippen LogP contribution in [0, 0.1) is 21.4 Å². The van der Waals surface area contributed by atoms with Crippen molar-refractivity contribution in [1.82, 2.24) is 4.90 Å². The Bertz CT molecular complexity index is 1530. The van der Waals surface area contributed by atoms with Crippen LogP contribution < -0.4 is 10.2 Å². The van der Waals surface area contributed by atoms with E-state index < -0.39 is 4.92 Å². The molecular formula is C28H26N6O3S2. The summed E-state index contributed by atoms with van der Waals surface area (Å²) in [4.78, 5) is 33.7. The fourth-order valence-electron chi connectivity index (χ4n) is 4.00. The van der Waals surface area contributed by atoms with Crippen molar-refractivity contribution < 1.29 is 9.72 Å². The summed E-state index contributed by atoms with van der Waals surface area (Å²) in [6.45, 7) is 4.77. The summed E-state index contributed by atoms with van der Waals surface area (Å²) >= 11 is 5.70. The molecule has 1 N–H and O–H groups in total. The number of nitrogens with one attached hydrogen (secondary N) is 1. The first-order valence-corrected chi connectivity index (χ1v) is 13.3. The molecule has 1 heterocycles. The number of thiol groups is 1. The van der Waals surface area contributed by atoms with E-state index in [4.69, 9.17) is 4.99 Å². The number of rotatable bonds is 8. The Labute approximate surface area is 236 Å². The molecule has 1 aliphatic rings. The number of carbonyl (C=O) groups is 1. The van der Waals surface area contributed by atoms with E-state index in [1.54, 1.807) is 35.0 Å². The molecule has 1 amide bonds. The molecule has 198 valence electrons. The van der Waals surface area contributed by atoms with E-state index in [-0.39, 0.29) is 11.6 Å². The third-order valence-corrected chi connectivity index (χ3v) is 7.65. The van der Waals surface area contributed by atoms with Gasteiger partial charge in [0.05, 0.1) is 45.1 Å². The molecule has 39 heavy (non-hydrogen) atoms. The highest BCUT2D eigenvalue weighted by molar-refractivity contribution is 8.18. The van der Waals surface area contributed by atoms with E-state index >= 15 is 0 Å². The maximum atomic E-state index is 13.8. The normalized spacial score (nSPS) is 15.3. The van der Waals surface area contributed by atoms with Gasteiger partial charge in [-0.3, -0.25) is 19.8 Å². The second-order valence-corrected chi connectivity index (χ2v) is 10.1. The number of nitriles is 1. The Hall–Kier alpha value is -4.27. The molecule has 0 saturated carbocycles. The summed E-state index contributed by atoms with van der Waals surface area (Å²) in [5, 5.41) is 24.3. The molecule has 0 aromatic heterocycles. The Morgan fingerprint density at radius 3 is 2.59 bits per heavy atom. The number of non-ortho nitro benzene ring substituents is 1. The number of aliphatic imine (C=N–C) groups is 1. The zero-order valence-corrected chi connectivity index (χ0v) is 23.3. The predicted octanol–water partition coefficient (Wildman–Crippen LogP) is 6.32. The van der Waals surface area contributed by atoms with Crippen molar-refractivity contribution in [2.75, 3.05) is 23.8 Å². The molecule has 0 radical (unpaired) electrons. The lowest BCUT2D eigenvalue weighted by Gasteiger charge is -2.22. The number of benzene rings is 3. The average molecular weight is 559 g/mol. The number of anilines is 2. The van der Waals surface area contributed by atoms with Crippen LogP contribution >= 0.6 is 24.4 Å². The molecule has 3 aromatic rings. The van der Waals surface area contributed by atoms with Crippen LogP contribution in [0.1, 0.15) is 25.0 Å². The number of nitro groups is 1. The Balaban J connectivity index is 1.79. The van der Waals surface area contributed by atoms with Crippen molar-refractivity contribution in [3.63, 3.8) is 0 Å². The quantitative estimate of drug-likeness (QED) is 0.144. The minimum atomic E-state index is -0.474. The number of hydrogen-bond acceptors (Lipinski definition) is 9. The number of allylic oxidation sites excluding steroid dienone is 1. The van der Waals surface area contributed by atoms with E-state index in [9.17, 15) is 20.2 Å². The van der Waals surface area contributed by atoms with Crippen LogP contribution in [0.25, 0.3) is 0 Å². The van der Waals surface area contributed by atoms with Gasteiger partial charge in [-0.05, 0) is 55.4 Å². The van der Waals surface area contributed by atoms with Gasteiger partial charge in [0.25, 0.3) is 11.6 Å². The average Bonchev–Trinajstić information content (AvgIpc) is 3.23.